The van der Waals surface area contributed by atoms with Gasteiger partial charge in [0.1, 0.15) is 12.1 Å². The first-order valence-corrected chi connectivity index (χ1v) is 14.2. The Hall–Kier alpha value is -2.45. The predicted octanol–water partition coefficient (Wildman–Crippen LogP) is 4.03. The summed E-state index contributed by atoms with van der Waals surface area (Å²) in [6.45, 7) is 9.06. The molecule has 8 heteroatoms. The number of hydrogen-bond donors (Lipinski definition) is 4. The molecule has 4 N–H and O–H groups in total. The van der Waals surface area contributed by atoms with Crippen LogP contribution in [-0.2, 0) is 9.63 Å². The highest BCUT2D eigenvalue weighted by atomic mass is 16.6. The lowest BCUT2D eigenvalue weighted by atomic mass is 9.48. The number of rotatable bonds is 8. The largest absolute Gasteiger partial charge is 0.417 e. The van der Waals surface area contributed by atoms with Crippen LogP contribution in [-0.4, -0.2) is 42.5 Å². The number of nitrogens with one attached hydrogen (secondary N) is 4. The third-order valence-electron chi connectivity index (χ3n) is 10.2. The third kappa shape index (κ3) is 5.02. The van der Waals surface area contributed by atoms with E-state index in [4.69, 9.17) is 4.84 Å². The normalized spacial score (nSPS) is 36.0. The SMILES string of the molecule is CCNCCNC(=O)c1ccc(NC(=O)C[C@H]2CC[C@H]3[C@@H]4CC[C@H]5NOC=C[C@]5(C)[C@H]4CC[C@]23C)nc1. The summed E-state index contributed by atoms with van der Waals surface area (Å²) in [4.78, 5) is 35.1. The summed E-state index contributed by atoms with van der Waals surface area (Å²) in [6.07, 6.45) is 13.3. The van der Waals surface area contributed by atoms with E-state index in [-0.39, 0.29) is 22.6 Å². The van der Waals surface area contributed by atoms with Gasteiger partial charge >= 0.3 is 0 Å². The number of fused-ring (bicyclic) bond motifs is 5. The fourth-order valence-corrected chi connectivity index (χ4v) is 8.13. The molecule has 3 aliphatic carbocycles. The first kappa shape index (κ1) is 26.2. The zero-order valence-corrected chi connectivity index (χ0v) is 22.5. The third-order valence-corrected chi connectivity index (χ3v) is 10.2. The summed E-state index contributed by atoms with van der Waals surface area (Å²) in [5.41, 5.74) is 4.14. The maximum absolute atomic E-state index is 13.1. The molecule has 0 radical (unpaired) electrons. The van der Waals surface area contributed by atoms with E-state index in [1.165, 1.54) is 31.9 Å². The quantitative estimate of drug-likeness (QED) is 0.395. The van der Waals surface area contributed by atoms with Gasteiger partial charge in [0.2, 0.25) is 5.91 Å². The van der Waals surface area contributed by atoms with Gasteiger partial charge < -0.3 is 20.8 Å². The maximum atomic E-state index is 13.1. The second-order valence-electron chi connectivity index (χ2n) is 12.0. The van der Waals surface area contributed by atoms with Gasteiger partial charge in [-0.1, -0.05) is 20.8 Å². The molecule has 0 aromatic carbocycles. The number of carbonyl (C=O) groups excluding carboxylic acids is 2. The van der Waals surface area contributed by atoms with Crippen molar-refractivity contribution in [2.24, 2.45) is 34.5 Å². The van der Waals surface area contributed by atoms with Crippen molar-refractivity contribution in [3.05, 3.63) is 36.2 Å². The highest BCUT2D eigenvalue weighted by Crippen LogP contribution is 2.65. The number of amides is 2. The topological polar surface area (TPSA) is 104 Å². The maximum Gasteiger partial charge on any atom is 0.252 e. The minimum absolute atomic E-state index is 0.0246. The molecule has 37 heavy (non-hydrogen) atoms. The molecule has 0 unspecified atom stereocenters. The fraction of sp³-hybridized carbons (Fsp3) is 0.690. The van der Waals surface area contributed by atoms with Crippen LogP contribution >= 0.6 is 0 Å². The van der Waals surface area contributed by atoms with Crippen LogP contribution in [0.3, 0.4) is 0 Å². The second kappa shape index (κ2) is 10.7. The highest BCUT2D eigenvalue weighted by Gasteiger charge is 2.59. The van der Waals surface area contributed by atoms with Gasteiger partial charge in [-0.25, -0.2) is 4.98 Å². The Kier molecular flexibility index (Phi) is 7.59. The summed E-state index contributed by atoms with van der Waals surface area (Å²) >= 11 is 0. The summed E-state index contributed by atoms with van der Waals surface area (Å²) in [6, 6.07) is 3.83. The standard InChI is InChI=1S/C29H43N5O3/c1-4-30-14-15-31-27(36)19-5-10-25(32-18-19)33-26(35)17-20-6-8-22-21-7-9-24-29(3,13-16-37-34-24)23(21)11-12-28(20,22)2/h5,10,13,16,18,20-24,30,34H,4,6-9,11-12,14-15,17H2,1-3H3,(H,31,36)(H,32,33,35)/t20-,21+,22+,23+,24-,28-,29-/m1/s1. The molecule has 3 saturated carbocycles. The predicted molar refractivity (Wildman–Crippen MR) is 143 cm³/mol. The molecule has 5 rings (SSSR count). The number of carbonyl (C=O) groups is 2. The van der Waals surface area contributed by atoms with E-state index in [1.54, 1.807) is 12.1 Å². The molecule has 0 bridgehead atoms. The molecule has 1 aliphatic heterocycles. The molecule has 1 aromatic rings. The minimum Gasteiger partial charge on any atom is -0.417 e. The number of anilines is 1. The summed E-state index contributed by atoms with van der Waals surface area (Å²) in [5.74, 6) is 2.84. The molecule has 7 atom stereocenters. The first-order valence-electron chi connectivity index (χ1n) is 14.2. The highest BCUT2D eigenvalue weighted by molar-refractivity contribution is 5.94. The lowest BCUT2D eigenvalue weighted by Crippen LogP contribution is -2.57. The molecule has 2 amide bonds. The van der Waals surface area contributed by atoms with Crippen molar-refractivity contribution < 1.29 is 14.4 Å². The van der Waals surface area contributed by atoms with Crippen molar-refractivity contribution in [2.75, 3.05) is 25.0 Å². The molecule has 0 spiro atoms. The van der Waals surface area contributed by atoms with E-state index in [1.807, 2.05) is 13.2 Å². The Morgan fingerprint density at radius 3 is 2.76 bits per heavy atom. The van der Waals surface area contributed by atoms with Gasteiger partial charge in [0.15, 0.2) is 0 Å². The van der Waals surface area contributed by atoms with E-state index in [9.17, 15) is 9.59 Å². The van der Waals surface area contributed by atoms with Crippen LogP contribution in [0.25, 0.3) is 0 Å². The van der Waals surface area contributed by atoms with Crippen LogP contribution in [0.2, 0.25) is 0 Å². The number of hydroxylamine groups is 1. The molecule has 2 heterocycles. The Labute approximate surface area is 220 Å². The van der Waals surface area contributed by atoms with Gasteiger partial charge in [-0.2, -0.15) is 5.48 Å². The Morgan fingerprint density at radius 2 is 1.97 bits per heavy atom. The van der Waals surface area contributed by atoms with E-state index in [0.29, 0.717) is 48.1 Å². The first-order chi connectivity index (χ1) is 17.8. The second-order valence-corrected chi connectivity index (χ2v) is 12.0. The molecular weight excluding hydrogens is 466 g/mol. The van der Waals surface area contributed by atoms with Crippen LogP contribution in [0.4, 0.5) is 5.82 Å². The van der Waals surface area contributed by atoms with Crippen molar-refractivity contribution in [2.45, 2.75) is 71.8 Å². The van der Waals surface area contributed by atoms with Crippen molar-refractivity contribution in [3.8, 4) is 0 Å². The fourth-order valence-electron chi connectivity index (χ4n) is 8.13. The van der Waals surface area contributed by atoms with E-state index in [2.05, 4.69) is 46.3 Å². The van der Waals surface area contributed by atoms with E-state index in [0.717, 1.165) is 31.8 Å². The Bertz CT molecular complexity index is 1010. The van der Waals surface area contributed by atoms with Crippen molar-refractivity contribution >= 4 is 17.6 Å². The van der Waals surface area contributed by atoms with Crippen LogP contribution < -0.4 is 21.4 Å². The van der Waals surface area contributed by atoms with Gasteiger partial charge in [0.25, 0.3) is 5.91 Å². The lowest BCUT2D eigenvalue weighted by Gasteiger charge is -2.58. The zero-order valence-electron chi connectivity index (χ0n) is 22.5. The Balaban J connectivity index is 1.17. The molecule has 3 fully saturated rings. The van der Waals surface area contributed by atoms with Crippen LogP contribution in [0.15, 0.2) is 30.7 Å². The van der Waals surface area contributed by atoms with Gasteiger partial charge in [-0.15, -0.1) is 0 Å². The van der Waals surface area contributed by atoms with Crippen molar-refractivity contribution in [1.82, 2.24) is 21.1 Å². The monoisotopic (exact) mass is 509 g/mol. The number of pyridine rings is 1. The van der Waals surface area contributed by atoms with Gasteiger partial charge in [-0.3, -0.25) is 9.59 Å². The Morgan fingerprint density at radius 1 is 1.11 bits per heavy atom. The molecule has 4 aliphatic rings. The van der Waals surface area contributed by atoms with Crippen molar-refractivity contribution in [1.29, 1.82) is 0 Å². The summed E-state index contributed by atoms with van der Waals surface area (Å²) in [5, 5.41) is 9.03. The minimum atomic E-state index is -0.154. The number of hydrogen-bond acceptors (Lipinski definition) is 6. The summed E-state index contributed by atoms with van der Waals surface area (Å²) < 4.78 is 0. The van der Waals surface area contributed by atoms with E-state index < -0.39 is 0 Å². The average molecular weight is 510 g/mol. The molecule has 0 saturated heterocycles. The van der Waals surface area contributed by atoms with Gasteiger partial charge in [0.05, 0.1) is 11.6 Å². The van der Waals surface area contributed by atoms with Crippen LogP contribution in [0.5, 0.6) is 0 Å². The number of likely N-dealkylation sites (N-methyl/N-ethyl adjacent to an activating group) is 1. The lowest BCUT2D eigenvalue weighted by molar-refractivity contribution is -0.120. The van der Waals surface area contributed by atoms with Crippen molar-refractivity contribution in [3.63, 3.8) is 0 Å². The number of aromatic nitrogens is 1. The van der Waals surface area contributed by atoms with E-state index >= 15 is 0 Å². The van der Waals surface area contributed by atoms with Crippen LogP contribution in [0, 0.1) is 34.5 Å². The average Bonchev–Trinajstić information content (AvgIpc) is 3.22. The number of nitrogens with zero attached hydrogens (tertiary/aromatic N) is 1. The molecule has 1 aromatic heterocycles. The van der Waals surface area contributed by atoms with Gasteiger partial charge in [-0.05, 0) is 92.4 Å². The molecule has 8 nitrogen and oxygen atoms in total. The van der Waals surface area contributed by atoms with Gasteiger partial charge in [0, 0.05) is 31.1 Å². The smallest absolute Gasteiger partial charge is 0.252 e. The molecule has 202 valence electrons. The molecular formula is C29H43N5O3. The zero-order chi connectivity index (χ0) is 26.0. The summed E-state index contributed by atoms with van der Waals surface area (Å²) in [7, 11) is 0. The van der Waals surface area contributed by atoms with Crippen LogP contribution in [0.1, 0.15) is 76.1 Å².